The molecule has 21 heavy (non-hydrogen) atoms. The van der Waals surface area contributed by atoms with Gasteiger partial charge < -0.3 is 5.11 Å². The normalized spacial score (nSPS) is 23.8. The maximum Gasteiger partial charge on any atom is 0.310 e. The number of carboxylic acid groups (broad SMARTS) is 1. The predicted octanol–water partition coefficient (Wildman–Crippen LogP) is 2.52. The van der Waals surface area contributed by atoms with Crippen molar-refractivity contribution in [2.24, 2.45) is 11.3 Å². The zero-order valence-electron chi connectivity index (χ0n) is 12.6. The van der Waals surface area contributed by atoms with Crippen LogP contribution < -0.4 is 4.72 Å². The fourth-order valence-corrected chi connectivity index (χ4v) is 5.23. The molecular formula is C15H27NO4S. The fourth-order valence-electron chi connectivity index (χ4n) is 3.67. The van der Waals surface area contributed by atoms with Crippen molar-refractivity contribution in [3.05, 3.63) is 0 Å². The fraction of sp³-hybridized carbons (Fsp3) is 0.933. The Balaban J connectivity index is 1.91. The Kier molecular flexibility index (Phi) is 5.66. The second kappa shape index (κ2) is 7.09. The molecule has 2 N–H and O–H groups in total. The van der Waals surface area contributed by atoms with Crippen LogP contribution in [0.15, 0.2) is 0 Å². The van der Waals surface area contributed by atoms with Gasteiger partial charge in [-0.25, -0.2) is 13.1 Å². The Bertz CT molecular complexity index is 448. The van der Waals surface area contributed by atoms with E-state index in [0.717, 1.165) is 44.9 Å². The summed E-state index contributed by atoms with van der Waals surface area (Å²) in [6, 6.07) is 0. The van der Waals surface area contributed by atoms with Crippen molar-refractivity contribution < 1.29 is 18.3 Å². The van der Waals surface area contributed by atoms with Gasteiger partial charge in [-0.1, -0.05) is 38.5 Å². The summed E-state index contributed by atoms with van der Waals surface area (Å²) < 4.78 is 27.0. The summed E-state index contributed by atoms with van der Waals surface area (Å²) in [5, 5.41) is 9.47. The number of carboxylic acids is 1. The van der Waals surface area contributed by atoms with Crippen LogP contribution in [-0.2, 0) is 14.8 Å². The van der Waals surface area contributed by atoms with Crippen LogP contribution in [0.2, 0.25) is 0 Å². The van der Waals surface area contributed by atoms with E-state index in [4.69, 9.17) is 0 Å². The Morgan fingerprint density at radius 1 is 1.05 bits per heavy atom. The highest BCUT2D eigenvalue weighted by molar-refractivity contribution is 7.89. The third kappa shape index (κ3) is 4.68. The standard InChI is InChI=1S/C15H27NO4S/c17-14(18)15(9-5-2-6-10-15)12-16-21(19,20)11-13-7-3-1-4-8-13/h13,16H,1-12H2,(H,17,18). The van der Waals surface area contributed by atoms with E-state index in [0.29, 0.717) is 12.8 Å². The summed E-state index contributed by atoms with van der Waals surface area (Å²) in [5.74, 6) is -0.464. The first-order chi connectivity index (χ1) is 9.94. The molecule has 2 aliphatic rings. The van der Waals surface area contributed by atoms with Crippen molar-refractivity contribution in [1.82, 2.24) is 4.72 Å². The molecular weight excluding hydrogens is 290 g/mol. The first kappa shape index (κ1) is 16.7. The smallest absolute Gasteiger partial charge is 0.310 e. The first-order valence-corrected chi connectivity index (χ1v) is 9.80. The second-order valence-corrected chi connectivity index (χ2v) is 8.60. The van der Waals surface area contributed by atoms with Crippen molar-refractivity contribution in [2.45, 2.75) is 64.2 Å². The van der Waals surface area contributed by atoms with Crippen LogP contribution in [-0.4, -0.2) is 31.8 Å². The third-order valence-corrected chi connectivity index (χ3v) is 6.57. The molecule has 2 fully saturated rings. The van der Waals surface area contributed by atoms with E-state index in [2.05, 4.69) is 4.72 Å². The van der Waals surface area contributed by atoms with E-state index < -0.39 is 21.4 Å². The molecule has 0 amide bonds. The van der Waals surface area contributed by atoms with Gasteiger partial charge in [0.05, 0.1) is 11.2 Å². The van der Waals surface area contributed by atoms with Crippen molar-refractivity contribution >= 4 is 16.0 Å². The van der Waals surface area contributed by atoms with Crippen molar-refractivity contribution in [1.29, 1.82) is 0 Å². The van der Waals surface area contributed by atoms with Gasteiger partial charge in [-0.15, -0.1) is 0 Å². The molecule has 2 saturated carbocycles. The highest BCUT2D eigenvalue weighted by Crippen LogP contribution is 2.36. The van der Waals surface area contributed by atoms with Gasteiger partial charge in [0.1, 0.15) is 0 Å². The Morgan fingerprint density at radius 2 is 1.62 bits per heavy atom. The number of rotatable bonds is 6. The summed E-state index contributed by atoms with van der Waals surface area (Å²) in [6.45, 7) is 0.0530. The molecule has 0 aromatic rings. The van der Waals surface area contributed by atoms with Crippen LogP contribution in [0.25, 0.3) is 0 Å². The average Bonchev–Trinajstić information content (AvgIpc) is 2.47. The monoisotopic (exact) mass is 317 g/mol. The molecule has 0 spiro atoms. The molecule has 0 saturated heterocycles. The van der Waals surface area contributed by atoms with Gasteiger partial charge in [-0.05, 0) is 31.6 Å². The third-order valence-electron chi connectivity index (χ3n) is 5.07. The molecule has 0 unspecified atom stereocenters. The molecule has 6 heteroatoms. The average molecular weight is 317 g/mol. The number of hydrogen-bond donors (Lipinski definition) is 2. The van der Waals surface area contributed by atoms with Crippen LogP contribution in [0.1, 0.15) is 64.2 Å². The van der Waals surface area contributed by atoms with E-state index in [1.54, 1.807) is 0 Å². The van der Waals surface area contributed by atoms with Crippen molar-refractivity contribution in [2.75, 3.05) is 12.3 Å². The van der Waals surface area contributed by atoms with Crippen LogP contribution in [0.3, 0.4) is 0 Å². The lowest BCUT2D eigenvalue weighted by Gasteiger charge is -2.33. The molecule has 0 atom stereocenters. The Morgan fingerprint density at radius 3 is 2.19 bits per heavy atom. The molecule has 5 nitrogen and oxygen atoms in total. The lowest BCUT2D eigenvalue weighted by molar-refractivity contribution is -0.150. The summed E-state index contributed by atoms with van der Waals surface area (Å²) in [6.07, 6.45) is 9.32. The number of sulfonamides is 1. The van der Waals surface area contributed by atoms with E-state index >= 15 is 0 Å². The maximum absolute atomic E-state index is 12.2. The summed E-state index contributed by atoms with van der Waals surface area (Å²) in [5.41, 5.74) is -0.891. The van der Waals surface area contributed by atoms with Gasteiger partial charge in [0.25, 0.3) is 0 Å². The van der Waals surface area contributed by atoms with Gasteiger partial charge in [0, 0.05) is 6.54 Å². The van der Waals surface area contributed by atoms with Gasteiger partial charge in [0.15, 0.2) is 0 Å². The Hall–Kier alpha value is -0.620. The zero-order valence-corrected chi connectivity index (χ0v) is 13.5. The largest absolute Gasteiger partial charge is 0.481 e. The SMILES string of the molecule is O=C(O)C1(CNS(=O)(=O)CC2CCCCC2)CCCCC1. The second-order valence-electron chi connectivity index (χ2n) is 6.75. The lowest BCUT2D eigenvalue weighted by atomic mass is 9.74. The molecule has 0 aromatic heterocycles. The zero-order chi connectivity index (χ0) is 15.3. The molecule has 0 radical (unpaired) electrons. The lowest BCUT2D eigenvalue weighted by Crippen LogP contribution is -2.45. The molecule has 2 rings (SSSR count). The highest BCUT2D eigenvalue weighted by atomic mass is 32.2. The van der Waals surface area contributed by atoms with Crippen LogP contribution in [0.4, 0.5) is 0 Å². The van der Waals surface area contributed by atoms with Crippen molar-refractivity contribution in [3.63, 3.8) is 0 Å². The molecule has 2 aliphatic carbocycles. The predicted molar refractivity (Wildman–Crippen MR) is 81.5 cm³/mol. The van der Waals surface area contributed by atoms with Crippen LogP contribution in [0, 0.1) is 11.3 Å². The number of hydrogen-bond acceptors (Lipinski definition) is 3. The molecule has 122 valence electrons. The summed E-state index contributed by atoms with van der Waals surface area (Å²) in [7, 11) is -3.37. The minimum atomic E-state index is -3.37. The first-order valence-electron chi connectivity index (χ1n) is 8.14. The number of aliphatic carboxylic acids is 1. The van der Waals surface area contributed by atoms with Crippen LogP contribution >= 0.6 is 0 Å². The molecule has 0 aliphatic heterocycles. The van der Waals surface area contributed by atoms with Crippen molar-refractivity contribution in [3.8, 4) is 0 Å². The summed E-state index contributed by atoms with van der Waals surface area (Å²) in [4.78, 5) is 11.5. The van der Waals surface area contributed by atoms with Gasteiger partial charge >= 0.3 is 5.97 Å². The number of nitrogens with one attached hydrogen (secondary N) is 1. The summed E-state index contributed by atoms with van der Waals surface area (Å²) >= 11 is 0. The van der Waals surface area contributed by atoms with Gasteiger partial charge in [-0.2, -0.15) is 0 Å². The van der Waals surface area contributed by atoms with Gasteiger partial charge in [-0.3, -0.25) is 4.79 Å². The molecule has 0 aromatic carbocycles. The minimum Gasteiger partial charge on any atom is -0.481 e. The minimum absolute atomic E-state index is 0.0530. The van der Waals surface area contributed by atoms with E-state index in [-0.39, 0.29) is 18.2 Å². The Labute approximate surface area is 127 Å². The van der Waals surface area contributed by atoms with Crippen LogP contribution in [0.5, 0.6) is 0 Å². The van der Waals surface area contributed by atoms with E-state index in [1.807, 2.05) is 0 Å². The molecule has 0 heterocycles. The van der Waals surface area contributed by atoms with Gasteiger partial charge in [0.2, 0.25) is 10.0 Å². The topological polar surface area (TPSA) is 83.5 Å². The maximum atomic E-state index is 12.2. The van der Waals surface area contributed by atoms with E-state index in [9.17, 15) is 18.3 Å². The quantitative estimate of drug-likeness (QED) is 0.788. The van der Waals surface area contributed by atoms with E-state index in [1.165, 1.54) is 6.42 Å². The highest BCUT2D eigenvalue weighted by Gasteiger charge is 2.40. The number of carbonyl (C=O) groups is 1. The molecule has 0 bridgehead atoms.